The van der Waals surface area contributed by atoms with E-state index in [4.69, 9.17) is 16.2 Å². The van der Waals surface area contributed by atoms with Crippen molar-refractivity contribution in [3.8, 4) is 0 Å². The van der Waals surface area contributed by atoms with E-state index >= 15 is 0 Å². The monoisotopic (exact) mass is 456 g/mol. The van der Waals surface area contributed by atoms with Crippen molar-refractivity contribution < 1.29 is 14.3 Å². The predicted molar refractivity (Wildman–Crippen MR) is 131 cm³/mol. The second-order valence-electron chi connectivity index (χ2n) is 9.01. The highest BCUT2D eigenvalue weighted by Gasteiger charge is 2.34. The molecule has 7 nitrogen and oxygen atoms in total. The number of benzene rings is 3. The van der Waals surface area contributed by atoms with E-state index in [1.165, 1.54) is 5.56 Å². The molecule has 1 fully saturated rings. The van der Waals surface area contributed by atoms with E-state index in [1.807, 2.05) is 36.4 Å². The molecular weight excluding hydrogens is 428 g/mol. The van der Waals surface area contributed by atoms with Gasteiger partial charge in [0, 0.05) is 17.5 Å². The lowest BCUT2D eigenvalue weighted by Crippen LogP contribution is -2.27. The summed E-state index contributed by atoms with van der Waals surface area (Å²) >= 11 is 0. The molecule has 0 aromatic heterocycles. The molecule has 0 radical (unpaired) electrons. The van der Waals surface area contributed by atoms with E-state index in [0.717, 1.165) is 36.0 Å². The van der Waals surface area contributed by atoms with Gasteiger partial charge in [0.05, 0.1) is 17.4 Å². The third-order valence-electron chi connectivity index (χ3n) is 6.60. The molecule has 3 aromatic rings. The Hall–Kier alpha value is -3.84. The number of aryl methyl sites for hydroxylation is 1. The average molecular weight is 457 g/mol. The molecule has 2 amide bonds. The van der Waals surface area contributed by atoms with Crippen molar-refractivity contribution in [2.24, 2.45) is 5.73 Å². The number of carbonyl (C=O) groups is 2. The Morgan fingerprint density at radius 1 is 1.03 bits per heavy atom. The SMILES string of the molecule is Nc1ccccc1NC(=O)c1ccc2c(c1)CCC2NC(=O)OCc1ccc([C@H]2C[C@@H]2N)cc1. The van der Waals surface area contributed by atoms with Gasteiger partial charge >= 0.3 is 6.09 Å². The Balaban J connectivity index is 1.16. The number of carbonyl (C=O) groups excluding carboxylic acids is 2. The molecule has 0 saturated heterocycles. The quantitative estimate of drug-likeness (QED) is 0.414. The Labute approximate surface area is 198 Å². The lowest BCUT2D eigenvalue weighted by atomic mass is 10.0. The summed E-state index contributed by atoms with van der Waals surface area (Å²) in [4.78, 5) is 25.1. The number of nitrogens with one attached hydrogen (secondary N) is 2. The van der Waals surface area contributed by atoms with Gasteiger partial charge < -0.3 is 26.8 Å². The third kappa shape index (κ3) is 4.75. The van der Waals surface area contributed by atoms with Gasteiger partial charge in [-0.05, 0) is 65.8 Å². The first kappa shape index (κ1) is 22.0. The summed E-state index contributed by atoms with van der Waals surface area (Å²) in [6.45, 7) is 0.212. The number of hydrogen-bond donors (Lipinski definition) is 4. The van der Waals surface area contributed by atoms with E-state index in [-0.39, 0.29) is 24.6 Å². The van der Waals surface area contributed by atoms with Crippen molar-refractivity contribution in [3.05, 3.63) is 94.5 Å². The zero-order valence-electron chi connectivity index (χ0n) is 18.8. The molecule has 0 spiro atoms. The van der Waals surface area contributed by atoms with Crippen LogP contribution in [-0.2, 0) is 17.8 Å². The Morgan fingerprint density at radius 2 is 1.79 bits per heavy atom. The summed E-state index contributed by atoms with van der Waals surface area (Å²) in [5.74, 6) is 0.245. The van der Waals surface area contributed by atoms with Crippen LogP contribution in [0.2, 0.25) is 0 Å². The lowest BCUT2D eigenvalue weighted by molar-refractivity contribution is 0.102. The fraction of sp³-hybridized carbons (Fsp3) is 0.259. The number of nitrogen functional groups attached to an aromatic ring is 1. The van der Waals surface area contributed by atoms with Gasteiger partial charge in [-0.1, -0.05) is 42.5 Å². The highest BCUT2D eigenvalue weighted by atomic mass is 16.5. The third-order valence-corrected chi connectivity index (χ3v) is 6.60. The van der Waals surface area contributed by atoms with Crippen LogP contribution in [0.25, 0.3) is 0 Å². The summed E-state index contributed by atoms with van der Waals surface area (Å²) in [5.41, 5.74) is 17.7. The zero-order valence-corrected chi connectivity index (χ0v) is 18.8. The van der Waals surface area contributed by atoms with E-state index in [2.05, 4.69) is 22.8 Å². The second-order valence-corrected chi connectivity index (χ2v) is 9.01. The normalized spacial score (nSPS) is 20.3. The maximum atomic E-state index is 12.7. The molecule has 34 heavy (non-hydrogen) atoms. The van der Waals surface area contributed by atoms with E-state index in [9.17, 15) is 9.59 Å². The number of hydrogen-bond acceptors (Lipinski definition) is 5. The number of fused-ring (bicyclic) bond motifs is 1. The largest absolute Gasteiger partial charge is 0.445 e. The molecule has 174 valence electrons. The van der Waals surface area contributed by atoms with Gasteiger partial charge in [0.25, 0.3) is 5.91 Å². The molecule has 2 aliphatic carbocycles. The Bertz CT molecular complexity index is 1220. The van der Waals surface area contributed by atoms with Crippen LogP contribution in [-0.4, -0.2) is 18.0 Å². The molecule has 5 rings (SSSR count). The van der Waals surface area contributed by atoms with Gasteiger partial charge in [0.1, 0.15) is 6.61 Å². The smallest absolute Gasteiger partial charge is 0.407 e. The van der Waals surface area contributed by atoms with Crippen molar-refractivity contribution in [2.45, 2.75) is 43.9 Å². The van der Waals surface area contributed by atoms with Crippen LogP contribution in [0, 0.1) is 0 Å². The van der Waals surface area contributed by atoms with E-state index < -0.39 is 6.09 Å². The Morgan fingerprint density at radius 3 is 2.53 bits per heavy atom. The minimum Gasteiger partial charge on any atom is -0.445 e. The molecule has 6 N–H and O–H groups in total. The fourth-order valence-corrected chi connectivity index (χ4v) is 4.51. The van der Waals surface area contributed by atoms with Crippen LogP contribution in [0.5, 0.6) is 0 Å². The van der Waals surface area contributed by atoms with Gasteiger partial charge in [-0.3, -0.25) is 4.79 Å². The molecule has 0 aliphatic heterocycles. The molecule has 0 bridgehead atoms. The molecule has 0 heterocycles. The molecule has 7 heteroatoms. The van der Waals surface area contributed by atoms with Crippen molar-refractivity contribution >= 4 is 23.4 Å². The molecule has 1 saturated carbocycles. The van der Waals surface area contributed by atoms with Crippen LogP contribution in [0.1, 0.15) is 57.4 Å². The lowest BCUT2D eigenvalue weighted by Gasteiger charge is -2.15. The summed E-state index contributed by atoms with van der Waals surface area (Å²) < 4.78 is 5.43. The zero-order chi connectivity index (χ0) is 23.7. The number of para-hydroxylation sites is 2. The molecule has 1 unspecified atom stereocenters. The van der Waals surface area contributed by atoms with Gasteiger partial charge in [0.15, 0.2) is 0 Å². The van der Waals surface area contributed by atoms with Crippen molar-refractivity contribution in [2.75, 3.05) is 11.1 Å². The van der Waals surface area contributed by atoms with Crippen LogP contribution in [0.3, 0.4) is 0 Å². The number of ether oxygens (including phenoxy) is 1. The highest BCUT2D eigenvalue weighted by Crippen LogP contribution is 2.38. The Kier molecular flexibility index (Phi) is 5.94. The summed E-state index contributed by atoms with van der Waals surface area (Å²) in [6.07, 6.45) is 2.12. The summed E-state index contributed by atoms with van der Waals surface area (Å²) in [7, 11) is 0. The number of nitrogens with two attached hydrogens (primary N) is 2. The van der Waals surface area contributed by atoms with E-state index in [1.54, 1.807) is 18.2 Å². The van der Waals surface area contributed by atoms with Crippen molar-refractivity contribution in [1.29, 1.82) is 0 Å². The van der Waals surface area contributed by atoms with Crippen LogP contribution >= 0.6 is 0 Å². The van der Waals surface area contributed by atoms with Crippen molar-refractivity contribution in [1.82, 2.24) is 5.32 Å². The van der Waals surface area contributed by atoms with E-state index in [0.29, 0.717) is 22.9 Å². The summed E-state index contributed by atoms with van der Waals surface area (Å²) in [5, 5.41) is 5.80. The topological polar surface area (TPSA) is 119 Å². The van der Waals surface area contributed by atoms with Gasteiger partial charge in [-0.2, -0.15) is 0 Å². The van der Waals surface area contributed by atoms with Gasteiger partial charge in [-0.25, -0.2) is 4.79 Å². The van der Waals surface area contributed by atoms with Crippen LogP contribution < -0.4 is 22.1 Å². The molecule has 3 atom stereocenters. The van der Waals surface area contributed by atoms with Gasteiger partial charge in [-0.15, -0.1) is 0 Å². The average Bonchev–Trinajstić information content (AvgIpc) is 3.45. The first-order chi connectivity index (χ1) is 16.5. The van der Waals surface area contributed by atoms with Gasteiger partial charge in [0.2, 0.25) is 0 Å². The molecule has 3 aromatic carbocycles. The number of rotatable bonds is 6. The maximum absolute atomic E-state index is 12.7. The highest BCUT2D eigenvalue weighted by molar-refractivity contribution is 6.05. The summed E-state index contributed by atoms with van der Waals surface area (Å²) in [6, 6.07) is 20.9. The number of alkyl carbamates (subject to hydrolysis) is 1. The first-order valence-corrected chi connectivity index (χ1v) is 11.5. The minimum atomic E-state index is -0.451. The minimum absolute atomic E-state index is 0.136. The predicted octanol–water partition coefficient (Wildman–Crippen LogP) is 4.25. The standard InChI is InChI=1S/C27H28N4O3/c28-22-3-1-2-4-25(22)30-26(32)19-9-11-20-18(13-19)10-12-24(20)31-27(33)34-15-16-5-7-17(8-6-16)21-14-23(21)29/h1-9,11,13,21,23-24H,10,12,14-15,28-29H2,(H,30,32)(H,31,33)/t21-,23+,24?/m1/s1. The van der Waals surface area contributed by atoms with Crippen LogP contribution in [0.15, 0.2) is 66.7 Å². The maximum Gasteiger partial charge on any atom is 0.407 e. The fourth-order valence-electron chi connectivity index (χ4n) is 4.51. The van der Waals surface area contributed by atoms with Crippen LogP contribution in [0.4, 0.5) is 16.2 Å². The number of anilines is 2. The first-order valence-electron chi connectivity index (χ1n) is 11.5. The second kappa shape index (κ2) is 9.19. The number of amides is 2. The molecular formula is C27H28N4O3. The molecule has 2 aliphatic rings. The van der Waals surface area contributed by atoms with Crippen molar-refractivity contribution in [3.63, 3.8) is 0 Å².